The summed E-state index contributed by atoms with van der Waals surface area (Å²) >= 11 is 0. The van der Waals surface area contributed by atoms with Gasteiger partial charge in [-0.1, -0.05) is 50.1 Å². The first-order valence-corrected chi connectivity index (χ1v) is 6.73. The Morgan fingerprint density at radius 1 is 1.27 bits per heavy atom. The molecule has 84 valence electrons. The number of sulfonamides is 1. The molecule has 0 amide bonds. The zero-order valence-corrected chi connectivity index (χ0v) is 9.70. The van der Waals surface area contributed by atoms with E-state index >= 15 is 0 Å². The summed E-state index contributed by atoms with van der Waals surface area (Å²) in [4.78, 5) is 0. The van der Waals surface area contributed by atoms with Gasteiger partial charge in [0.1, 0.15) is 5.25 Å². The van der Waals surface area contributed by atoms with E-state index in [9.17, 15) is 8.42 Å². The second-order valence-electron chi connectivity index (χ2n) is 3.63. The Balaban J connectivity index is 2.92. The van der Waals surface area contributed by atoms with Gasteiger partial charge in [-0.25, -0.2) is 13.6 Å². The first-order chi connectivity index (χ1) is 7.05. The Bertz CT molecular complexity index is 386. The molecule has 0 saturated carbocycles. The van der Waals surface area contributed by atoms with E-state index in [1.165, 1.54) is 0 Å². The molecule has 0 heterocycles. The molecule has 0 spiro atoms. The van der Waals surface area contributed by atoms with E-state index in [1.54, 1.807) is 0 Å². The van der Waals surface area contributed by atoms with Gasteiger partial charge >= 0.3 is 0 Å². The number of rotatable bonds is 5. The van der Waals surface area contributed by atoms with Crippen molar-refractivity contribution in [3.8, 4) is 0 Å². The third kappa shape index (κ3) is 3.64. The molecule has 0 aliphatic rings. The summed E-state index contributed by atoms with van der Waals surface area (Å²) in [6.45, 7) is 2.03. The lowest BCUT2D eigenvalue weighted by Gasteiger charge is -2.14. The second-order valence-corrected chi connectivity index (χ2v) is 5.38. The topological polar surface area (TPSA) is 60.2 Å². The van der Waals surface area contributed by atoms with Crippen LogP contribution >= 0.6 is 0 Å². The van der Waals surface area contributed by atoms with Gasteiger partial charge in [0.2, 0.25) is 10.0 Å². The van der Waals surface area contributed by atoms with E-state index in [0.717, 1.165) is 18.4 Å². The normalized spacial score (nSPS) is 13.7. The van der Waals surface area contributed by atoms with Crippen molar-refractivity contribution >= 4 is 10.0 Å². The van der Waals surface area contributed by atoms with E-state index in [1.807, 2.05) is 37.3 Å². The van der Waals surface area contributed by atoms with Crippen molar-refractivity contribution < 1.29 is 8.42 Å². The van der Waals surface area contributed by atoms with Crippen LogP contribution in [0.4, 0.5) is 0 Å². The number of nitrogens with two attached hydrogens (primary N) is 1. The first kappa shape index (κ1) is 12.2. The zero-order valence-electron chi connectivity index (χ0n) is 8.89. The molecule has 0 radical (unpaired) electrons. The molecule has 0 bridgehead atoms. The minimum atomic E-state index is -3.49. The van der Waals surface area contributed by atoms with Crippen molar-refractivity contribution in [3.63, 3.8) is 0 Å². The monoisotopic (exact) mass is 227 g/mol. The minimum Gasteiger partial charge on any atom is -0.228 e. The second kappa shape index (κ2) is 5.28. The van der Waals surface area contributed by atoms with Gasteiger partial charge in [-0.15, -0.1) is 0 Å². The molecule has 3 nitrogen and oxygen atoms in total. The smallest absolute Gasteiger partial charge is 0.216 e. The lowest BCUT2D eigenvalue weighted by molar-refractivity contribution is 0.570. The van der Waals surface area contributed by atoms with Crippen LogP contribution in [0.15, 0.2) is 30.3 Å². The Morgan fingerprint density at radius 3 is 2.33 bits per heavy atom. The van der Waals surface area contributed by atoms with Gasteiger partial charge in [0.15, 0.2) is 0 Å². The summed E-state index contributed by atoms with van der Waals surface area (Å²) in [5.41, 5.74) is 0.786. The highest BCUT2D eigenvalue weighted by atomic mass is 32.2. The van der Waals surface area contributed by atoms with Crippen LogP contribution in [0.1, 0.15) is 37.0 Å². The van der Waals surface area contributed by atoms with Gasteiger partial charge in [0.05, 0.1) is 0 Å². The van der Waals surface area contributed by atoms with Crippen molar-refractivity contribution in [1.29, 1.82) is 0 Å². The molecule has 1 atom stereocenters. The number of unbranched alkanes of at least 4 members (excludes halogenated alkanes) is 1. The molecular weight excluding hydrogens is 210 g/mol. The Hall–Kier alpha value is -0.870. The first-order valence-electron chi connectivity index (χ1n) is 5.12. The molecule has 0 aromatic heterocycles. The SMILES string of the molecule is CCCCC(c1ccccc1)S(N)(=O)=O. The van der Waals surface area contributed by atoms with Crippen molar-refractivity contribution in [2.24, 2.45) is 5.14 Å². The van der Waals surface area contributed by atoms with Crippen molar-refractivity contribution in [1.82, 2.24) is 0 Å². The van der Waals surface area contributed by atoms with Crippen LogP contribution in [0.5, 0.6) is 0 Å². The summed E-state index contributed by atoms with van der Waals surface area (Å²) in [7, 11) is -3.49. The fraction of sp³-hybridized carbons (Fsp3) is 0.455. The van der Waals surface area contributed by atoms with Crippen LogP contribution in [0.25, 0.3) is 0 Å². The molecule has 1 unspecified atom stereocenters. The molecule has 1 rings (SSSR count). The Kier molecular flexibility index (Phi) is 4.29. The molecule has 4 heteroatoms. The molecule has 0 fully saturated rings. The highest BCUT2D eigenvalue weighted by Gasteiger charge is 2.22. The van der Waals surface area contributed by atoms with Gasteiger partial charge in [-0.05, 0) is 12.0 Å². The van der Waals surface area contributed by atoms with Crippen LogP contribution in [0.2, 0.25) is 0 Å². The predicted molar refractivity (Wildman–Crippen MR) is 61.8 cm³/mol. The zero-order chi connectivity index (χ0) is 11.3. The van der Waals surface area contributed by atoms with E-state index in [0.29, 0.717) is 6.42 Å². The van der Waals surface area contributed by atoms with Gasteiger partial charge in [0.25, 0.3) is 0 Å². The molecule has 1 aromatic carbocycles. The van der Waals surface area contributed by atoms with Crippen LogP contribution < -0.4 is 5.14 Å². The van der Waals surface area contributed by atoms with Gasteiger partial charge in [-0.3, -0.25) is 0 Å². The van der Waals surface area contributed by atoms with Gasteiger partial charge < -0.3 is 0 Å². The van der Waals surface area contributed by atoms with Crippen LogP contribution in [0, 0.1) is 0 Å². The summed E-state index contributed by atoms with van der Waals surface area (Å²) in [6, 6.07) is 9.15. The average molecular weight is 227 g/mol. The Morgan fingerprint density at radius 2 is 1.87 bits per heavy atom. The van der Waals surface area contributed by atoms with Gasteiger partial charge in [0, 0.05) is 0 Å². The number of hydrogen-bond donors (Lipinski definition) is 1. The summed E-state index contributed by atoms with van der Waals surface area (Å²) in [6.07, 6.45) is 2.44. The number of primary sulfonamides is 1. The van der Waals surface area contributed by atoms with Crippen molar-refractivity contribution in [2.75, 3.05) is 0 Å². The average Bonchev–Trinajstić information content (AvgIpc) is 2.18. The highest BCUT2D eigenvalue weighted by molar-refractivity contribution is 7.89. The highest BCUT2D eigenvalue weighted by Crippen LogP contribution is 2.25. The van der Waals surface area contributed by atoms with E-state index in [-0.39, 0.29) is 0 Å². The Labute approximate surface area is 91.4 Å². The quantitative estimate of drug-likeness (QED) is 0.838. The van der Waals surface area contributed by atoms with Gasteiger partial charge in [-0.2, -0.15) is 0 Å². The molecule has 0 saturated heterocycles. The molecule has 15 heavy (non-hydrogen) atoms. The van der Waals surface area contributed by atoms with Crippen LogP contribution in [-0.4, -0.2) is 8.42 Å². The number of benzene rings is 1. The maximum absolute atomic E-state index is 11.4. The van der Waals surface area contributed by atoms with E-state index < -0.39 is 15.3 Å². The summed E-state index contributed by atoms with van der Waals surface area (Å²) in [5, 5.41) is 4.67. The molecule has 2 N–H and O–H groups in total. The standard InChI is InChI=1S/C11H17NO2S/c1-2-3-9-11(15(12,13)14)10-7-5-4-6-8-10/h4-8,11H,2-3,9H2,1H3,(H2,12,13,14). The summed E-state index contributed by atoms with van der Waals surface area (Å²) < 4.78 is 22.8. The van der Waals surface area contributed by atoms with Crippen LogP contribution in [0.3, 0.4) is 0 Å². The fourth-order valence-corrected chi connectivity index (χ4v) is 2.61. The lowest BCUT2D eigenvalue weighted by Crippen LogP contribution is -2.21. The minimum absolute atomic E-state index is 0.557. The maximum Gasteiger partial charge on any atom is 0.216 e. The lowest BCUT2D eigenvalue weighted by atomic mass is 10.1. The number of hydrogen-bond acceptors (Lipinski definition) is 2. The van der Waals surface area contributed by atoms with E-state index in [2.05, 4.69) is 0 Å². The fourth-order valence-electron chi connectivity index (χ4n) is 1.58. The summed E-state index contributed by atoms with van der Waals surface area (Å²) in [5.74, 6) is 0. The predicted octanol–water partition coefficient (Wildman–Crippen LogP) is 2.21. The molecule has 0 aliphatic carbocycles. The van der Waals surface area contributed by atoms with E-state index in [4.69, 9.17) is 5.14 Å². The largest absolute Gasteiger partial charge is 0.228 e. The molecule has 0 aliphatic heterocycles. The van der Waals surface area contributed by atoms with Crippen molar-refractivity contribution in [2.45, 2.75) is 31.4 Å². The van der Waals surface area contributed by atoms with Crippen molar-refractivity contribution in [3.05, 3.63) is 35.9 Å². The van der Waals surface area contributed by atoms with Crippen LogP contribution in [-0.2, 0) is 10.0 Å². The maximum atomic E-state index is 11.4. The third-order valence-corrected chi connectivity index (χ3v) is 3.69. The third-order valence-electron chi connectivity index (χ3n) is 2.39. The molecule has 1 aromatic rings. The molecular formula is C11H17NO2S.